The molecule has 0 bridgehead atoms. The number of pyridine rings is 1. The Kier molecular flexibility index (Phi) is 4.20. The quantitative estimate of drug-likeness (QED) is 0.929. The largest absolute Gasteiger partial charge is 0.338 e. The van der Waals surface area contributed by atoms with Crippen LogP contribution in [0.1, 0.15) is 36.0 Å². The van der Waals surface area contributed by atoms with Crippen LogP contribution in [0.5, 0.6) is 0 Å². The van der Waals surface area contributed by atoms with Gasteiger partial charge < -0.3 is 10.2 Å². The van der Waals surface area contributed by atoms with Crippen LogP contribution in [0.4, 0.5) is 4.79 Å². The summed E-state index contributed by atoms with van der Waals surface area (Å²) in [6, 6.07) is 12.8. The molecular weight excluding hydrogens is 310 g/mol. The number of nitrogens with zero attached hydrogens (tertiary/aromatic N) is 2. The van der Waals surface area contributed by atoms with Crippen molar-refractivity contribution in [1.82, 2.24) is 15.2 Å². The molecule has 2 aliphatic carbocycles. The molecule has 2 atom stereocenters. The van der Waals surface area contributed by atoms with E-state index in [2.05, 4.69) is 34.6 Å². The molecule has 2 amide bonds. The van der Waals surface area contributed by atoms with Gasteiger partial charge in [-0.15, -0.1) is 0 Å². The van der Waals surface area contributed by atoms with Crippen LogP contribution in [0.25, 0.3) is 0 Å². The van der Waals surface area contributed by atoms with Crippen molar-refractivity contribution in [2.24, 2.45) is 5.92 Å². The van der Waals surface area contributed by atoms with Crippen molar-refractivity contribution < 1.29 is 4.79 Å². The highest BCUT2D eigenvalue weighted by Gasteiger charge is 2.56. The van der Waals surface area contributed by atoms with Crippen molar-refractivity contribution in [3.8, 4) is 0 Å². The standard InChI is InChI=1S/C21H25N3O/c1-24(15-16-8-11-22-12-9-16)20(25)23-14-18-13-21(18)10-4-6-17-5-2-3-7-19(17)21/h2-3,5,7-9,11-12,18H,4,6,10,13-15H2,1H3,(H,23,25)/t18-,21+/m1/s1. The zero-order valence-corrected chi connectivity index (χ0v) is 14.7. The molecule has 130 valence electrons. The predicted molar refractivity (Wildman–Crippen MR) is 98.3 cm³/mol. The first-order chi connectivity index (χ1) is 12.2. The lowest BCUT2D eigenvalue weighted by Gasteiger charge is -2.27. The van der Waals surface area contributed by atoms with Gasteiger partial charge in [0.1, 0.15) is 0 Å². The first-order valence-electron chi connectivity index (χ1n) is 9.15. The highest BCUT2D eigenvalue weighted by atomic mass is 16.2. The van der Waals surface area contributed by atoms with Gasteiger partial charge in [0, 0.05) is 37.9 Å². The van der Waals surface area contributed by atoms with E-state index in [1.54, 1.807) is 17.3 Å². The topological polar surface area (TPSA) is 45.2 Å². The summed E-state index contributed by atoms with van der Waals surface area (Å²) in [4.78, 5) is 18.1. The van der Waals surface area contributed by atoms with E-state index in [-0.39, 0.29) is 6.03 Å². The van der Waals surface area contributed by atoms with Gasteiger partial charge in [-0.25, -0.2) is 4.79 Å². The van der Waals surface area contributed by atoms with Crippen molar-refractivity contribution in [2.45, 2.75) is 37.6 Å². The maximum absolute atomic E-state index is 12.4. The van der Waals surface area contributed by atoms with Gasteiger partial charge in [-0.3, -0.25) is 4.98 Å². The zero-order valence-electron chi connectivity index (χ0n) is 14.7. The van der Waals surface area contributed by atoms with Gasteiger partial charge in [-0.2, -0.15) is 0 Å². The molecule has 1 N–H and O–H groups in total. The molecule has 4 heteroatoms. The summed E-state index contributed by atoms with van der Waals surface area (Å²) in [5.74, 6) is 0.576. The van der Waals surface area contributed by atoms with Crippen molar-refractivity contribution in [3.63, 3.8) is 0 Å². The van der Waals surface area contributed by atoms with Crippen molar-refractivity contribution in [3.05, 3.63) is 65.5 Å². The summed E-state index contributed by atoms with van der Waals surface area (Å²) in [6.45, 7) is 1.38. The third kappa shape index (κ3) is 3.13. The third-order valence-corrected chi connectivity index (χ3v) is 5.87. The predicted octanol–water partition coefficient (Wildman–Crippen LogP) is 3.52. The molecule has 1 aromatic heterocycles. The van der Waals surface area contributed by atoms with Gasteiger partial charge in [0.05, 0.1) is 0 Å². The van der Waals surface area contributed by atoms with Gasteiger partial charge in [-0.05, 0) is 60.4 Å². The molecule has 4 nitrogen and oxygen atoms in total. The van der Waals surface area contributed by atoms with E-state index in [1.807, 2.05) is 19.2 Å². The van der Waals surface area contributed by atoms with Gasteiger partial charge >= 0.3 is 6.03 Å². The number of benzene rings is 1. The number of hydrogen-bond donors (Lipinski definition) is 1. The van der Waals surface area contributed by atoms with Crippen LogP contribution in [0, 0.1) is 5.92 Å². The van der Waals surface area contributed by atoms with E-state index in [9.17, 15) is 4.79 Å². The first kappa shape index (κ1) is 16.1. The second-order valence-electron chi connectivity index (χ2n) is 7.47. The summed E-state index contributed by atoms with van der Waals surface area (Å²) in [7, 11) is 1.84. The number of fused-ring (bicyclic) bond motifs is 2. The van der Waals surface area contributed by atoms with Crippen molar-refractivity contribution >= 4 is 6.03 Å². The van der Waals surface area contributed by atoms with Crippen LogP contribution in [0.2, 0.25) is 0 Å². The minimum absolute atomic E-state index is 0.00274. The van der Waals surface area contributed by atoms with Crippen LogP contribution >= 0.6 is 0 Å². The zero-order chi connectivity index (χ0) is 17.3. The molecule has 1 fully saturated rings. The van der Waals surface area contributed by atoms with Crippen molar-refractivity contribution in [2.75, 3.05) is 13.6 Å². The van der Waals surface area contributed by atoms with Crippen LogP contribution in [-0.2, 0) is 18.4 Å². The number of carbonyl (C=O) groups excluding carboxylic acids is 1. The molecule has 0 unspecified atom stereocenters. The Balaban J connectivity index is 1.34. The summed E-state index contributed by atoms with van der Waals surface area (Å²) in [5.41, 5.74) is 4.46. The lowest BCUT2D eigenvalue weighted by Crippen LogP contribution is -2.38. The maximum atomic E-state index is 12.4. The minimum atomic E-state index is 0.00274. The van der Waals surface area contributed by atoms with Gasteiger partial charge in [0.2, 0.25) is 0 Å². The summed E-state index contributed by atoms with van der Waals surface area (Å²) in [6.07, 6.45) is 8.45. The second kappa shape index (κ2) is 6.51. The molecule has 0 radical (unpaired) electrons. The monoisotopic (exact) mass is 335 g/mol. The number of aryl methyl sites for hydroxylation is 1. The Morgan fingerprint density at radius 1 is 1.28 bits per heavy atom. The fourth-order valence-electron chi connectivity index (χ4n) is 4.42. The molecular formula is C21H25N3O. The van der Waals surface area contributed by atoms with E-state index in [0.717, 1.165) is 12.1 Å². The summed E-state index contributed by atoms with van der Waals surface area (Å²) < 4.78 is 0. The number of urea groups is 1. The first-order valence-corrected chi connectivity index (χ1v) is 9.15. The molecule has 0 aliphatic heterocycles. The van der Waals surface area contributed by atoms with E-state index in [4.69, 9.17) is 0 Å². The van der Waals surface area contributed by atoms with Gasteiger partial charge in [-0.1, -0.05) is 24.3 Å². The summed E-state index contributed by atoms with van der Waals surface area (Å²) in [5, 5.41) is 3.14. The number of nitrogens with one attached hydrogen (secondary N) is 1. The fourth-order valence-corrected chi connectivity index (χ4v) is 4.42. The summed E-state index contributed by atoms with van der Waals surface area (Å²) >= 11 is 0. The minimum Gasteiger partial charge on any atom is -0.338 e. The molecule has 1 aromatic carbocycles. The van der Waals surface area contributed by atoms with Crippen LogP contribution in [-0.4, -0.2) is 29.5 Å². The average Bonchev–Trinajstić information content (AvgIpc) is 3.34. The Labute approximate surface area is 149 Å². The third-order valence-electron chi connectivity index (χ3n) is 5.87. The molecule has 25 heavy (non-hydrogen) atoms. The highest BCUT2D eigenvalue weighted by molar-refractivity contribution is 5.74. The normalized spacial score (nSPS) is 23.8. The number of carbonyl (C=O) groups is 1. The molecule has 1 spiro atoms. The Bertz CT molecular complexity index is 761. The Morgan fingerprint density at radius 3 is 2.92 bits per heavy atom. The van der Waals surface area contributed by atoms with E-state index < -0.39 is 0 Å². The fraction of sp³-hybridized carbons (Fsp3) is 0.429. The number of rotatable bonds is 4. The molecule has 0 saturated heterocycles. The maximum Gasteiger partial charge on any atom is 0.317 e. The number of amides is 2. The molecule has 4 rings (SSSR count). The molecule has 2 aliphatic rings. The van der Waals surface area contributed by atoms with Crippen LogP contribution in [0.15, 0.2) is 48.8 Å². The van der Waals surface area contributed by atoms with Crippen LogP contribution < -0.4 is 5.32 Å². The van der Waals surface area contributed by atoms with Gasteiger partial charge in [0.15, 0.2) is 0 Å². The van der Waals surface area contributed by atoms with E-state index in [1.165, 1.54) is 36.8 Å². The van der Waals surface area contributed by atoms with Crippen LogP contribution in [0.3, 0.4) is 0 Å². The number of aromatic nitrogens is 1. The second-order valence-corrected chi connectivity index (χ2v) is 7.47. The highest BCUT2D eigenvalue weighted by Crippen LogP contribution is 2.59. The van der Waals surface area contributed by atoms with E-state index in [0.29, 0.717) is 17.9 Å². The number of hydrogen-bond acceptors (Lipinski definition) is 2. The molecule has 2 aromatic rings. The lowest BCUT2D eigenvalue weighted by molar-refractivity contribution is 0.206. The average molecular weight is 335 g/mol. The Hall–Kier alpha value is -2.36. The smallest absolute Gasteiger partial charge is 0.317 e. The molecule has 1 saturated carbocycles. The lowest BCUT2D eigenvalue weighted by atomic mass is 9.78. The van der Waals surface area contributed by atoms with Gasteiger partial charge in [0.25, 0.3) is 0 Å². The molecule has 1 heterocycles. The van der Waals surface area contributed by atoms with E-state index >= 15 is 0 Å². The SMILES string of the molecule is CN(Cc1ccncc1)C(=O)NC[C@H]1C[C@@]12CCCc1ccccc12. The Morgan fingerprint density at radius 2 is 2.08 bits per heavy atom. The van der Waals surface area contributed by atoms with Crippen molar-refractivity contribution in [1.29, 1.82) is 0 Å².